The van der Waals surface area contributed by atoms with E-state index in [0.717, 1.165) is 95.2 Å². The Bertz CT molecular complexity index is 6060. The molecule has 0 aliphatic carbocycles. The van der Waals surface area contributed by atoms with Crippen molar-refractivity contribution in [2.75, 3.05) is 28.4 Å². The van der Waals surface area contributed by atoms with E-state index in [0.29, 0.717) is 0 Å². The van der Waals surface area contributed by atoms with Crippen molar-refractivity contribution in [3.8, 4) is 87.4 Å². The van der Waals surface area contributed by atoms with Gasteiger partial charge in [-0.3, -0.25) is 4.79 Å². The van der Waals surface area contributed by atoms with Gasteiger partial charge in [0, 0.05) is 100 Å². The van der Waals surface area contributed by atoms with E-state index >= 15 is 0 Å². The van der Waals surface area contributed by atoms with Crippen LogP contribution >= 0.6 is 0 Å². The van der Waals surface area contributed by atoms with E-state index < -0.39 is 26.7 Å². The Kier molecular flexibility index (Phi) is 20.6. The number of hydrogen-bond acceptors (Lipinski definition) is 8. The summed E-state index contributed by atoms with van der Waals surface area (Å²) in [5.74, 6) is 25.8. The molecule has 12 nitrogen and oxygen atoms in total. The van der Waals surface area contributed by atoms with E-state index in [2.05, 4.69) is 222 Å². The molecule has 16 rings (SSSR count). The van der Waals surface area contributed by atoms with Gasteiger partial charge < -0.3 is 42.3 Å². The van der Waals surface area contributed by atoms with Gasteiger partial charge in [0.05, 0.1) is 61.5 Å². The summed E-state index contributed by atoms with van der Waals surface area (Å²) in [6.45, 7) is 8.50. The number of Topliss-reactive ketones (excluding diaryl/α,β-unsaturated/α-hetero) is 1. The van der Waals surface area contributed by atoms with Gasteiger partial charge in [0.15, 0.2) is 6.10 Å². The molecular weight excluding hydrogens is 1330 g/mol. The third-order valence-corrected chi connectivity index (χ3v) is 18.2. The molecule has 1 N–H and O–H groups in total. The van der Waals surface area contributed by atoms with E-state index in [1.165, 1.54) is 76.6 Å². The Hall–Kier alpha value is -13.0. The Morgan fingerprint density at radius 1 is 0.337 bits per heavy atom. The number of ketones is 1. The van der Waals surface area contributed by atoms with Crippen molar-refractivity contribution in [2.24, 2.45) is 7.05 Å². The molecule has 0 radical (unpaired) electrons. The molecule has 0 fully saturated rings. The Morgan fingerprint density at radius 3 is 0.885 bits per heavy atom. The quantitative estimate of drug-likeness (QED) is 0.123. The van der Waals surface area contributed by atoms with Crippen LogP contribution in [-0.2, 0) is 34.3 Å². The number of nitrogens with zero attached hydrogens (tertiary/aromatic N) is 4. The molecule has 0 saturated carbocycles. The Balaban J connectivity index is 0.000000152. The van der Waals surface area contributed by atoms with Gasteiger partial charge in [-0.15, -0.1) is 0 Å². The first-order valence-electron chi connectivity index (χ1n) is 33.5. The van der Waals surface area contributed by atoms with Crippen LogP contribution in [0.15, 0.2) is 249 Å². The van der Waals surface area contributed by atoms with E-state index in [-0.39, 0.29) is 0 Å². The van der Waals surface area contributed by atoms with Gasteiger partial charge in [0.1, 0.15) is 23.0 Å². The molecular formula is C91H70MnN4O8. The molecule has 0 saturated heterocycles. The summed E-state index contributed by atoms with van der Waals surface area (Å²) in [4.78, 5) is 12.7. The van der Waals surface area contributed by atoms with Crippen LogP contribution in [0.2, 0.25) is 0 Å². The van der Waals surface area contributed by atoms with E-state index in [4.69, 9.17) is 26.6 Å². The second-order valence-corrected chi connectivity index (χ2v) is 25.2. The maximum atomic E-state index is 12.7. The number of benzene rings is 12. The molecule has 509 valence electrons. The first kappa shape index (κ1) is 69.5. The van der Waals surface area contributed by atoms with Gasteiger partial charge in [-0.05, 0) is 246 Å². The fourth-order valence-corrected chi connectivity index (χ4v) is 13.2. The molecule has 0 spiro atoms. The van der Waals surface area contributed by atoms with Crippen LogP contribution in [0.4, 0.5) is 0 Å². The summed E-state index contributed by atoms with van der Waals surface area (Å²) in [7, 11) is 8.79. The van der Waals surface area contributed by atoms with E-state index in [1.807, 2.05) is 127 Å². The van der Waals surface area contributed by atoms with Crippen LogP contribution in [0.1, 0.15) is 44.5 Å². The molecule has 12 aromatic carbocycles. The minimum atomic E-state index is -1.44. The standard InChI is InChI=1S/C45H32N2O3.C31H23NO.C15H15NO2.Mn.2O/c1-29-5-21-42-38(25-29)39-26-30(2)6-22-43(39)46(42)33-13-7-31(8-14-33)11-17-35(48)18-12-32-9-15-34(16-10-32)47-44-23-19-36(49-3)27-40(44)41-28-37(50-4)20-24-45(41)47;1-22-8-18-30-28(20-22)29-21-23(2)9-19-31(29)32(30)26-14-10-25(11-15-26)13-17-27(33)16-12-24-6-4-3-5-7-24;1-16-14-6-4-10(17-2)8-12(14)13-9-11(18-3)5-7-15(13)16;;;/h5-10,13-16,19-28H,1-4H3;3-11,14-15,18-21,27,33H,1-2H3;4-9H,1-3H3;;;. The zero-order valence-electron chi connectivity index (χ0n) is 58.7. The van der Waals surface area contributed by atoms with Crippen LogP contribution in [0.25, 0.3) is 104 Å². The number of rotatable bonds is 7. The van der Waals surface area contributed by atoms with Crippen molar-refractivity contribution in [2.45, 2.75) is 33.8 Å². The number of carbonyl (C=O) groups excluding carboxylic acids is 1. The zero-order chi connectivity index (χ0) is 72.5. The minimum absolute atomic E-state index is 0.434. The topological polar surface area (TPSA) is 128 Å². The van der Waals surface area contributed by atoms with Gasteiger partial charge in [0.2, 0.25) is 0 Å². The van der Waals surface area contributed by atoms with Gasteiger partial charge in [-0.2, -0.15) is 0 Å². The van der Waals surface area contributed by atoms with Crippen molar-refractivity contribution in [1.82, 2.24) is 18.3 Å². The summed E-state index contributed by atoms with van der Waals surface area (Å²) >= 11 is -1.44. The summed E-state index contributed by atoms with van der Waals surface area (Å²) in [6, 6.07) is 84.3. The number of fused-ring (bicyclic) bond motifs is 12. The van der Waals surface area contributed by atoms with E-state index in [9.17, 15) is 9.90 Å². The van der Waals surface area contributed by atoms with Crippen molar-refractivity contribution in [3.63, 3.8) is 0 Å². The average molecular weight is 1400 g/mol. The predicted octanol–water partition coefficient (Wildman–Crippen LogP) is 18.8. The second-order valence-electron chi connectivity index (χ2n) is 25.0. The third kappa shape index (κ3) is 14.6. The van der Waals surface area contributed by atoms with Crippen molar-refractivity contribution >= 4 is 93.0 Å². The normalized spacial score (nSPS) is 10.9. The molecule has 0 aliphatic rings. The van der Waals surface area contributed by atoms with Crippen molar-refractivity contribution in [3.05, 3.63) is 293 Å². The summed E-state index contributed by atoms with van der Waals surface area (Å²) in [6.07, 6.45) is -0.992. The SMILES string of the molecule is COc1ccc2c(c1)c1cc(OC)ccc1n2-c1ccc(C#CC(=O)C#Cc2ccc(-n3c4ccc(C)cc4c4cc(C)ccc43)cc2)cc1.COc1ccc2c(c1)c1cc(OC)ccc1n2C.Cc1ccc2c(c1)c1cc(C)ccc1n2-c1ccc(C#CC(O)C#Cc2ccccc2)cc1.[O]=[Mn]=[O]. The molecule has 13 heteroatoms. The fourth-order valence-electron chi connectivity index (χ4n) is 13.2. The molecule has 16 aromatic rings. The average Bonchev–Trinajstić information content (AvgIpc) is 1.61. The molecule has 4 aromatic heterocycles. The fraction of sp³-hybridized carbons (Fsp3) is 0.110. The number of methoxy groups -OCH3 is 4. The van der Waals surface area contributed by atoms with Gasteiger partial charge in [0.25, 0.3) is 5.78 Å². The van der Waals surface area contributed by atoms with Crippen LogP contribution in [0.5, 0.6) is 23.0 Å². The number of hydrogen-bond donors (Lipinski definition) is 1. The Labute approximate surface area is 608 Å². The molecule has 4 heterocycles. The van der Waals surface area contributed by atoms with Crippen LogP contribution in [0, 0.1) is 75.1 Å². The van der Waals surface area contributed by atoms with Crippen molar-refractivity contribution < 1.29 is 51.3 Å². The molecule has 1 unspecified atom stereocenters. The number of aromatic nitrogens is 4. The maximum absolute atomic E-state index is 12.7. The molecule has 1 atom stereocenters. The Morgan fingerprint density at radius 2 is 0.587 bits per heavy atom. The monoisotopic (exact) mass is 1400 g/mol. The van der Waals surface area contributed by atoms with Crippen LogP contribution < -0.4 is 18.9 Å². The second kappa shape index (κ2) is 30.9. The third-order valence-electron chi connectivity index (χ3n) is 18.2. The number of ether oxygens (including phenoxy) is 4. The van der Waals surface area contributed by atoms with Gasteiger partial charge in [-0.25, -0.2) is 0 Å². The molecule has 0 aliphatic heterocycles. The summed E-state index contributed by atoms with van der Waals surface area (Å²) in [5, 5.41) is 19.6. The van der Waals surface area contributed by atoms with Crippen LogP contribution in [-0.4, -0.2) is 63.7 Å². The molecule has 0 bridgehead atoms. The van der Waals surface area contributed by atoms with Crippen LogP contribution in [0.3, 0.4) is 0 Å². The van der Waals surface area contributed by atoms with Gasteiger partial charge >= 0.3 is 22.5 Å². The van der Waals surface area contributed by atoms with E-state index in [1.54, 1.807) is 28.4 Å². The zero-order valence-corrected chi connectivity index (χ0v) is 59.9. The molecule has 104 heavy (non-hydrogen) atoms. The predicted molar refractivity (Wildman–Crippen MR) is 414 cm³/mol. The van der Waals surface area contributed by atoms with Crippen molar-refractivity contribution in [1.29, 1.82) is 0 Å². The first-order chi connectivity index (χ1) is 50.6. The van der Waals surface area contributed by atoms with Gasteiger partial charge in [-0.1, -0.05) is 100 Å². The number of aryl methyl sites for hydroxylation is 5. The number of aliphatic hydroxyl groups excluding tert-OH is 1. The number of aliphatic hydroxyl groups is 1. The molecule has 0 amide bonds. The first-order valence-corrected chi connectivity index (χ1v) is 34.4. The number of carbonyl (C=O) groups is 1. The summed E-state index contributed by atoms with van der Waals surface area (Å²) in [5.41, 5.74) is 20.4. The summed E-state index contributed by atoms with van der Waals surface area (Å²) < 4.78 is 47.4.